The van der Waals surface area contributed by atoms with E-state index < -0.39 is 47.3 Å². The summed E-state index contributed by atoms with van der Waals surface area (Å²) in [5, 5.41) is 13.3. The van der Waals surface area contributed by atoms with Crippen molar-refractivity contribution in [2.75, 3.05) is 33.4 Å². The number of aliphatic carboxylic acids is 1. The van der Waals surface area contributed by atoms with Gasteiger partial charge in [0.25, 0.3) is 0 Å². The van der Waals surface area contributed by atoms with Gasteiger partial charge in [-0.15, -0.1) is 5.10 Å². The van der Waals surface area contributed by atoms with E-state index in [0.29, 0.717) is 31.9 Å². The Bertz CT molecular complexity index is 1080. The van der Waals surface area contributed by atoms with Gasteiger partial charge in [-0.1, -0.05) is 24.3 Å². The molecule has 0 atom stereocenters. The van der Waals surface area contributed by atoms with Crippen LogP contribution in [-0.4, -0.2) is 65.1 Å². The van der Waals surface area contributed by atoms with Crippen molar-refractivity contribution in [1.29, 1.82) is 0 Å². The number of benzene rings is 1. The van der Waals surface area contributed by atoms with E-state index in [1.807, 2.05) is 0 Å². The molecule has 34 heavy (non-hydrogen) atoms. The number of alkyl halides is 3. The Morgan fingerprint density at radius 1 is 1.26 bits per heavy atom. The second-order valence-corrected chi connectivity index (χ2v) is 7.89. The molecule has 1 fully saturated rings. The minimum absolute atomic E-state index is 0.194. The molecule has 1 N–H and O–H groups in total. The van der Waals surface area contributed by atoms with Crippen LogP contribution in [0.1, 0.15) is 16.7 Å². The summed E-state index contributed by atoms with van der Waals surface area (Å²) in [6, 6.07) is 6.17. The van der Waals surface area contributed by atoms with Crippen molar-refractivity contribution < 1.29 is 42.1 Å². The van der Waals surface area contributed by atoms with Gasteiger partial charge < -0.3 is 24.2 Å². The number of carbonyl (C=O) groups is 2. The number of ether oxygens (including phenoxy) is 3. The number of carboxylic acids is 1. The zero-order chi connectivity index (χ0) is 24.9. The SMILES string of the molecule is CO/C=C(/C(=O)O)c1ccccc1COc1nn(CC(=O)N2CCOCC2)c(Br)c1C(F)(F)F. The number of hydrogen-bond acceptors (Lipinski definition) is 6. The number of aromatic nitrogens is 2. The topological polar surface area (TPSA) is 103 Å². The maximum atomic E-state index is 13.8. The maximum absolute atomic E-state index is 13.8. The number of carboxylic acid groups (broad SMARTS) is 1. The van der Waals surface area contributed by atoms with Crippen molar-refractivity contribution in [1.82, 2.24) is 14.7 Å². The number of amides is 1. The summed E-state index contributed by atoms with van der Waals surface area (Å²) in [6.45, 7) is 0.542. The van der Waals surface area contributed by atoms with Gasteiger partial charge >= 0.3 is 12.1 Å². The van der Waals surface area contributed by atoms with Crippen LogP contribution in [0.25, 0.3) is 5.57 Å². The highest BCUT2D eigenvalue weighted by Gasteiger charge is 2.41. The van der Waals surface area contributed by atoms with Crippen LogP contribution in [0, 0.1) is 0 Å². The first-order valence-corrected chi connectivity index (χ1v) is 10.8. The third kappa shape index (κ3) is 5.89. The van der Waals surface area contributed by atoms with E-state index >= 15 is 0 Å². The lowest BCUT2D eigenvalue weighted by Gasteiger charge is -2.26. The molecule has 2 heterocycles. The second-order valence-electron chi connectivity index (χ2n) is 7.14. The van der Waals surface area contributed by atoms with Crippen LogP contribution < -0.4 is 4.74 Å². The van der Waals surface area contributed by atoms with E-state index in [0.717, 1.165) is 10.9 Å². The predicted octanol–water partition coefficient (Wildman–Crippen LogP) is 3.17. The molecule has 1 aliphatic rings. The van der Waals surface area contributed by atoms with Crippen LogP contribution >= 0.6 is 15.9 Å². The molecule has 184 valence electrons. The van der Waals surface area contributed by atoms with Gasteiger partial charge in [0.05, 0.1) is 26.6 Å². The lowest BCUT2D eigenvalue weighted by Crippen LogP contribution is -2.42. The fraction of sp³-hybridized carbons (Fsp3) is 0.381. The predicted molar refractivity (Wildman–Crippen MR) is 116 cm³/mol. The van der Waals surface area contributed by atoms with Gasteiger partial charge in [0, 0.05) is 13.1 Å². The average Bonchev–Trinajstić information content (AvgIpc) is 3.12. The number of carbonyl (C=O) groups excluding carboxylic acids is 1. The molecule has 0 unspecified atom stereocenters. The highest BCUT2D eigenvalue weighted by molar-refractivity contribution is 9.10. The molecule has 0 radical (unpaired) electrons. The quantitative estimate of drug-likeness (QED) is 0.400. The highest BCUT2D eigenvalue weighted by Crippen LogP contribution is 2.41. The minimum atomic E-state index is -4.82. The molecule has 1 amide bonds. The van der Waals surface area contributed by atoms with Gasteiger partial charge in [0.1, 0.15) is 23.3 Å². The molecule has 3 rings (SSSR count). The number of nitrogens with zero attached hydrogens (tertiary/aromatic N) is 3. The van der Waals surface area contributed by atoms with Crippen molar-refractivity contribution in [2.45, 2.75) is 19.3 Å². The van der Waals surface area contributed by atoms with Gasteiger partial charge in [0.15, 0.2) is 5.56 Å². The van der Waals surface area contributed by atoms with E-state index in [1.54, 1.807) is 12.1 Å². The molecule has 1 aromatic heterocycles. The Hall–Kier alpha value is -3.06. The zero-order valence-corrected chi connectivity index (χ0v) is 19.6. The average molecular weight is 548 g/mol. The third-order valence-electron chi connectivity index (χ3n) is 4.93. The minimum Gasteiger partial charge on any atom is -0.503 e. The molecule has 0 saturated carbocycles. The van der Waals surface area contributed by atoms with E-state index in [-0.39, 0.29) is 11.1 Å². The van der Waals surface area contributed by atoms with Crippen molar-refractivity contribution in [3.63, 3.8) is 0 Å². The highest BCUT2D eigenvalue weighted by atomic mass is 79.9. The Kier molecular flexibility index (Phi) is 8.20. The van der Waals surface area contributed by atoms with Crippen LogP contribution in [0.15, 0.2) is 35.1 Å². The van der Waals surface area contributed by atoms with Crippen LogP contribution in [0.2, 0.25) is 0 Å². The van der Waals surface area contributed by atoms with Crippen molar-refractivity contribution in [2.24, 2.45) is 0 Å². The molecule has 1 aromatic carbocycles. The number of rotatable bonds is 8. The Morgan fingerprint density at radius 2 is 1.94 bits per heavy atom. The number of morpholine rings is 1. The largest absolute Gasteiger partial charge is 0.503 e. The van der Waals surface area contributed by atoms with E-state index in [9.17, 15) is 27.9 Å². The fourth-order valence-corrected chi connectivity index (χ4v) is 3.91. The van der Waals surface area contributed by atoms with E-state index in [1.165, 1.54) is 24.1 Å². The smallest absolute Gasteiger partial charge is 0.424 e. The summed E-state index contributed by atoms with van der Waals surface area (Å²) in [5.41, 5.74) is -0.853. The summed E-state index contributed by atoms with van der Waals surface area (Å²) in [4.78, 5) is 25.6. The van der Waals surface area contributed by atoms with Gasteiger partial charge in [-0.3, -0.25) is 4.79 Å². The van der Waals surface area contributed by atoms with Crippen LogP contribution in [0.3, 0.4) is 0 Å². The lowest BCUT2D eigenvalue weighted by molar-refractivity contribution is -0.140. The van der Waals surface area contributed by atoms with Gasteiger partial charge in [0.2, 0.25) is 11.8 Å². The first-order valence-electron chi connectivity index (χ1n) is 9.99. The second kappa shape index (κ2) is 10.9. The normalized spacial score (nSPS) is 14.7. The Morgan fingerprint density at radius 3 is 2.56 bits per heavy atom. The molecule has 1 saturated heterocycles. The number of halogens is 4. The standard InChI is InChI=1S/C21H21BrF3N3O6/c1-32-12-15(20(30)31)14-5-3-2-4-13(14)11-34-19-17(21(23,24)25)18(22)28(26-19)10-16(29)27-6-8-33-9-7-27/h2-5,12H,6-11H2,1H3,(H,30,31)/b15-12+. The van der Waals surface area contributed by atoms with Crippen LogP contribution in [0.4, 0.5) is 13.2 Å². The summed E-state index contributed by atoms with van der Waals surface area (Å²) < 4.78 is 57.1. The molecule has 2 aromatic rings. The third-order valence-corrected chi connectivity index (χ3v) is 5.73. The van der Waals surface area contributed by atoms with Gasteiger partial charge in [-0.25, -0.2) is 9.48 Å². The maximum Gasteiger partial charge on any atom is 0.424 e. The Labute approximate surface area is 200 Å². The summed E-state index contributed by atoms with van der Waals surface area (Å²) in [5.74, 6) is -2.43. The Balaban J connectivity index is 1.88. The van der Waals surface area contributed by atoms with Crippen LogP contribution in [0.5, 0.6) is 5.88 Å². The monoisotopic (exact) mass is 547 g/mol. The van der Waals surface area contributed by atoms with Gasteiger partial charge in [-0.05, 0) is 27.1 Å². The summed E-state index contributed by atoms with van der Waals surface area (Å²) in [7, 11) is 1.28. The van der Waals surface area contributed by atoms with E-state index in [2.05, 4.69) is 21.0 Å². The summed E-state index contributed by atoms with van der Waals surface area (Å²) >= 11 is 2.90. The molecular weight excluding hydrogens is 527 g/mol. The van der Waals surface area contributed by atoms with Gasteiger partial charge in [-0.2, -0.15) is 13.2 Å². The molecule has 9 nitrogen and oxygen atoms in total. The zero-order valence-electron chi connectivity index (χ0n) is 18.0. The number of hydrogen-bond donors (Lipinski definition) is 1. The molecule has 1 aliphatic heterocycles. The number of methoxy groups -OCH3 is 1. The first-order chi connectivity index (χ1) is 16.1. The van der Waals surface area contributed by atoms with E-state index in [4.69, 9.17) is 14.2 Å². The molecule has 13 heteroatoms. The van der Waals surface area contributed by atoms with Crippen molar-refractivity contribution in [3.8, 4) is 5.88 Å². The van der Waals surface area contributed by atoms with Crippen molar-refractivity contribution >= 4 is 33.4 Å². The fourth-order valence-electron chi connectivity index (χ4n) is 3.31. The summed E-state index contributed by atoms with van der Waals surface area (Å²) in [6.07, 6.45) is -3.80. The first kappa shape index (κ1) is 25.6. The molecular formula is C21H21BrF3N3O6. The molecule has 0 spiro atoms. The van der Waals surface area contributed by atoms with Crippen molar-refractivity contribution in [3.05, 3.63) is 51.8 Å². The lowest BCUT2D eigenvalue weighted by atomic mass is 10.0. The molecule has 0 aliphatic carbocycles. The molecule has 0 bridgehead atoms. The van der Waals surface area contributed by atoms with Crippen LogP contribution in [-0.2, 0) is 38.4 Å².